The number of hydrogen-bond donors (Lipinski definition) is 0. The Hall–Kier alpha value is -0.400. The molecule has 0 aromatic rings. The highest BCUT2D eigenvalue weighted by Gasteiger charge is 2.29. The van der Waals surface area contributed by atoms with Crippen LogP contribution < -0.4 is 0 Å². The van der Waals surface area contributed by atoms with Gasteiger partial charge >= 0.3 is 0 Å². The molecule has 0 radical (unpaired) electrons. The summed E-state index contributed by atoms with van der Waals surface area (Å²) >= 11 is 0. The van der Waals surface area contributed by atoms with E-state index < -0.39 is 11.8 Å². The molecule has 0 fully saturated rings. The van der Waals surface area contributed by atoms with E-state index in [2.05, 4.69) is 20.8 Å². The molecule has 0 spiro atoms. The van der Waals surface area contributed by atoms with Gasteiger partial charge in [-0.2, -0.15) is 0 Å². The molecule has 0 heterocycles. The van der Waals surface area contributed by atoms with Crippen molar-refractivity contribution in [2.45, 2.75) is 47.0 Å². The monoisotopic (exact) mass is 204 g/mol. The molecule has 1 atom stereocenters. The van der Waals surface area contributed by atoms with Gasteiger partial charge in [0.05, 0.1) is 0 Å². The van der Waals surface area contributed by atoms with Gasteiger partial charge in [-0.3, -0.25) is 0 Å². The molecule has 0 unspecified atom stereocenters. The third-order valence-corrected chi connectivity index (χ3v) is 2.76. The minimum absolute atomic E-state index is 0.467. The van der Waals surface area contributed by atoms with Crippen LogP contribution in [0.3, 0.4) is 0 Å². The van der Waals surface area contributed by atoms with E-state index >= 15 is 0 Å². The molecule has 14 heavy (non-hydrogen) atoms. The topological polar surface area (TPSA) is 0 Å². The molecular formula is C12H22F2. The van der Waals surface area contributed by atoms with E-state index in [0.717, 1.165) is 12.5 Å². The van der Waals surface area contributed by atoms with Crippen LogP contribution in [-0.4, -0.2) is 5.92 Å². The lowest BCUT2D eigenvalue weighted by Gasteiger charge is -2.17. The number of halogens is 2. The van der Waals surface area contributed by atoms with Crippen LogP contribution in [0, 0.1) is 17.8 Å². The van der Waals surface area contributed by atoms with Gasteiger partial charge in [0.25, 0.3) is 5.92 Å². The normalized spacial score (nSPS) is 15.8. The van der Waals surface area contributed by atoms with Gasteiger partial charge in [0.15, 0.2) is 0 Å². The average molecular weight is 204 g/mol. The van der Waals surface area contributed by atoms with Crippen LogP contribution in [0.25, 0.3) is 0 Å². The van der Waals surface area contributed by atoms with Gasteiger partial charge < -0.3 is 0 Å². The molecule has 0 saturated heterocycles. The van der Waals surface area contributed by atoms with Gasteiger partial charge in [0.2, 0.25) is 0 Å². The Morgan fingerprint density at radius 1 is 1.07 bits per heavy atom. The summed E-state index contributed by atoms with van der Waals surface area (Å²) in [6, 6.07) is 0. The first-order valence-electron chi connectivity index (χ1n) is 5.33. The quantitative estimate of drug-likeness (QED) is 0.578. The molecule has 0 N–H and O–H groups in total. The molecule has 0 saturated carbocycles. The Bertz CT molecular complexity index is 181. The number of rotatable bonds is 5. The Kier molecular flexibility index (Phi) is 5.32. The first-order chi connectivity index (χ1) is 6.27. The Balaban J connectivity index is 4.06. The fourth-order valence-corrected chi connectivity index (χ4v) is 0.904. The first kappa shape index (κ1) is 13.6. The van der Waals surface area contributed by atoms with Crippen molar-refractivity contribution in [3.05, 3.63) is 12.2 Å². The lowest BCUT2D eigenvalue weighted by Crippen LogP contribution is -2.20. The average Bonchev–Trinajstić information content (AvgIpc) is 2.03. The molecule has 0 nitrogen and oxygen atoms in total. The van der Waals surface area contributed by atoms with Crippen molar-refractivity contribution in [3.63, 3.8) is 0 Å². The number of allylic oxidation sites excluding steroid dienone is 2. The lowest BCUT2D eigenvalue weighted by molar-refractivity contribution is 0.00593. The summed E-state index contributed by atoms with van der Waals surface area (Å²) < 4.78 is 26.2. The first-order valence-corrected chi connectivity index (χ1v) is 5.33. The van der Waals surface area contributed by atoms with Crippen LogP contribution in [-0.2, 0) is 0 Å². The second kappa shape index (κ2) is 5.47. The van der Waals surface area contributed by atoms with Crippen molar-refractivity contribution < 1.29 is 8.78 Å². The predicted octanol–water partition coefficient (Wildman–Crippen LogP) is 4.52. The van der Waals surface area contributed by atoms with E-state index in [1.165, 1.54) is 13.8 Å². The van der Waals surface area contributed by atoms with Crippen molar-refractivity contribution in [1.82, 2.24) is 0 Å². The number of hydrogen-bond acceptors (Lipinski definition) is 0. The molecule has 0 aliphatic rings. The SMILES string of the molecule is CC(C)[C@@H](C)C/C=C\C(F)(F)C(C)C. The number of alkyl halides is 2. The Morgan fingerprint density at radius 3 is 1.93 bits per heavy atom. The summed E-state index contributed by atoms with van der Waals surface area (Å²) in [6.07, 6.45) is 3.40. The zero-order valence-corrected chi connectivity index (χ0v) is 9.85. The summed E-state index contributed by atoms with van der Waals surface area (Å²) in [7, 11) is 0. The van der Waals surface area contributed by atoms with E-state index in [1.54, 1.807) is 6.08 Å². The minimum Gasteiger partial charge on any atom is -0.202 e. The van der Waals surface area contributed by atoms with Gasteiger partial charge in [-0.1, -0.05) is 40.7 Å². The van der Waals surface area contributed by atoms with E-state index in [0.29, 0.717) is 11.8 Å². The van der Waals surface area contributed by atoms with Gasteiger partial charge in [0, 0.05) is 5.92 Å². The molecule has 84 valence electrons. The van der Waals surface area contributed by atoms with E-state index in [1.807, 2.05) is 0 Å². The molecule has 0 bridgehead atoms. The van der Waals surface area contributed by atoms with Gasteiger partial charge in [-0.25, -0.2) is 8.78 Å². The molecule has 0 aromatic carbocycles. The maximum absolute atomic E-state index is 13.1. The van der Waals surface area contributed by atoms with Gasteiger partial charge in [0.1, 0.15) is 0 Å². The summed E-state index contributed by atoms with van der Waals surface area (Å²) in [5.74, 6) is -2.26. The molecule has 0 amide bonds. The summed E-state index contributed by atoms with van der Waals surface area (Å²) in [4.78, 5) is 0. The maximum Gasteiger partial charge on any atom is 0.268 e. The highest BCUT2D eigenvalue weighted by Crippen LogP contribution is 2.26. The van der Waals surface area contributed by atoms with Crippen molar-refractivity contribution in [1.29, 1.82) is 0 Å². The smallest absolute Gasteiger partial charge is 0.202 e. The fourth-order valence-electron chi connectivity index (χ4n) is 0.904. The van der Waals surface area contributed by atoms with Crippen LogP contribution in [0.5, 0.6) is 0 Å². The second-order valence-corrected chi connectivity index (χ2v) is 4.69. The third kappa shape index (κ3) is 4.73. The van der Waals surface area contributed by atoms with Crippen LogP contribution in [0.1, 0.15) is 41.0 Å². The van der Waals surface area contributed by atoms with Crippen molar-refractivity contribution in [3.8, 4) is 0 Å². The Labute approximate surface area is 86.4 Å². The zero-order valence-electron chi connectivity index (χ0n) is 9.85. The van der Waals surface area contributed by atoms with Gasteiger partial charge in [-0.05, 0) is 24.3 Å². The maximum atomic E-state index is 13.1. The third-order valence-electron chi connectivity index (χ3n) is 2.76. The minimum atomic E-state index is -2.66. The van der Waals surface area contributed by atoms with Crippen molar-refractivity contribution in [2.75, 3.05) is 0 Å². The van der Waals surface area contributed by atoms with Crippen LogP contribution in [0.15, 0.2) is 12.2 Å². The van der Waals surface area contributed by atoms with Crippen molar-refractivity contribution in [2.24, 2.45) is 17.8 Å². The summed E-state index contributed by atoms with van der Waals surface area (Å²) in [5.41, 5.74) is 0. The molecule has 2 heteroatoms. The van der Waals surface area contributed by atoms with Crippen LogP contribution in [0.4, 0.5) is 8.78 Å². The van der Waals surface area contributed by atoms with Gasteiger partial charge in [-0.15, -0.1) is 0 Å². The summed E-state index contributed by atoms with van der Waals surface area (Å²) in [6.45, 7) is 9.38. The molecular weight excluding hydrogens is 182 g/mol. The zero-order chi connectivity index (χ0) is 11.4. The van der Waals surface area contributed by atoms with Crippen LogP contribution >= 0.6 is 0 Å². The fraction of sp³-hybridized carbons (Fsp3) is 0.833. The predicted molar refractivity (Wildman–Crippen MR) is 57.5 cm³/mol. The largest absolute Gasteiger partial charge is 0.268 e. The van der Waals surface area contributed by atoms with E-state index in [-0.39, 0.29) is 0 Å². The van der Waals surface area contributed by atoms with Crippen LogP contribution in [0.2, 0.25) is 0 Å². The highest BCUT2D eigenvalue weighted by molar-refractivity contribution is 4.97. The molecule has 0 aliphatic carbocycles. The second-order valence-electron chi connectivity index (χ2n) is 4.69. The van der Waals surface area contributed by atoms with E-state index in [4.69, 9.17) is 0 Å². The highest BCUT2D eigenvalue weighted by atomic mass is 19.3. The van der Waals surface area contributed by atoms with Crippen molar-refractivity contribution >= 4 is 0 Å². The lowest BCUT2D eigenvalue weighted by atomic mass is 9.94. The van der Waals surface area contributed by atoms with E-state index in [9.17, 15) is 8.78 Å². The molecule has 0 aromatic heterocycles. The standard InChI is InChI=1S/C12H22F2/c1-9(2)11(5)7-6-8-12(13,14)10(3)4/h6,8-11H,7H2,1-5H3/b8-6-/t11-/m0/s1. The molecule has 0 rings (SSSR count). The summed E-state index contributed by atoms with van der Waals surface area (Å²) in [5, 5.41) is 0. The molecule has 0 aliphatic heterocycles. The Morgan fingerprint density at radius 2 is 1.57 bits per heavy atom.